The van der Waals surface area contributed by atoms with Crippen molar-refractivity contribution in [1.29, 1.82) is 0 Å². The fourth-order valence-corrected chi connectivity index (χ4v) is 1.58. The predicted molar refractivity (Wildman–Crippen MR) is 60.4 cm³/mol. The summed E-state index contributed by atoms with van der Waals surface area (Å²) in [7, 11) is 0. The van der Waals surface area contributed by atoms with Crippen molar-refractivity contribution in [1.82, 2.24) is 9.55 Å². The Kier molecular flexibility index (Phi) is 2.83. The van der Waals surface area contributed by atoms with E-state index in [0.29, 0.717) is 6.54 Å². The van der Waals surface area contributed by atoms with Gasteiger partial charge in [0.1, 0.15) is 0 Å². The van der Waals surface area contributed by atoms with Crippen molar-refractivity contribution in [2.45, 2.75) is 20.0 Å². The molecule has 0 spiro atoms. The van der Waals surface area contributed by atoms with Crippen LogP contribution in [0.4, 0.5) is 0 Å². The molecule has 0 unspecified atom stereocenters. The summed E-state index contributed by atoms with van der Waals surface area (Å²) in [6.07, 6.45) is 3.82. The van der Waals surface area contributed by atoms with Crippen molar-refractivity contribution in [2.24, 2.45) is 5.73 Å². The van der Waals surface area contributed by atoms with E-state index in [9.17, 15) is 0 Å². The second-order valence-electron chi connectivity index (χ2n) is 3.67. The van der Waals surface area contributed by atoms with Crippen molar-refractivity contribution in [3.05, 3.63) is 53.6 Å². The molecule has 0 radical (unpaired) electrons. The Balaban J connectivity index is 2.18. The Morgan fingerprint density at radius 2 is 2.13 bits per heavy atom. The molecule has 15 heavy (non-hydrogen) atoms. The van der Waals surface area contributed by atoms with Gasteiger partial charge in [0.15, 0.2) is 0 Å². The third-order valence-electron chi connectivity index (χ3n) is 2.51. The first-order chi connectivity index (χ1) is 7.29. The van der Waals surface area contributed by atoms with Gasteiger partial charge in [0, 0.05) is 19.3 Å². The molecule has 0 aliphatic carbocycles. The van der Waals surface area contributed by atoms with Crippen LogP contribution >= 0.6 is 0 Å². The number of nitrogens with two attached hydrogens (primary N) is 1. The van der Waals surface area contributed by atoms with Crippen LogP contribution in [-0.4, -0.2) is 9.55 Å². The zero-order chi connectivity index (χ0) is 10.7. The SMILES string of the molecule is Cc1ccccc1Cn1cnc(CN)c1. The molecule has 1 aromatic carbocycles. The van der Waals surface area contributed by atoms with Gasteiger partial charge >= 0.3 is 0 Å². The van der Waals surface area contributed by atoms with Crippen LogP contribution in [0.5, 0.6) is 0 Å². The van der Waals surface area contributed by atoms with Crippen LogP contribution in [0.1, 0.15) is 16.8 Å². The first-order valence-electron chi connectivity index (χ1n) is 5.05. The number of nitrogens with zero attached hydrogens (tertiary/aromatic N) is 2. The molecule has 0 bridgehead atoms. The molecule has 2 rings (SSSR count). The molecule has 78 valence electrons. The summed E-state index contributed by atoms with van der Waals surface area (Å²) in [5.74, 6) is 0. The van der Waals surface area contributed by atoms with Gasteiger partial charge in [-0.25, -0.2) is 4.98 Å². The van der Waals surface area contributed by atoms with Gasteiger partial charge < -0.3 is 10.3 Å². The van der Waals surface area contributed by atoms with Crippen molar-refractivity contribution in [3.63, 3.8) is 0 Å². The smallest absolute Gasteiger partial charge is 0.0953 e. The number of aryl methyl sites for hydroxylation is 1. The lowest BCUT2D eigenvalue weighted by atomic mass is 10.1. The number of benzene rings is 1. The molecular weight excluding hydrogens is 186 g/mol. The van der Waals surface area contributed by atoms with E-state index in [1.54, 1.807) is 0 Å². The zero-order valence-electron chi connectivity index (χ0n) is 8.85. The summed E-state index contributed by atoms with van der Waals surface area (Å²) in [6.45, 7) is 3.48. The highest BCUT2D eigenvalue weighted by Crippen LogP contribution is 2.09. The number of rotatable bonds is 3. The first kappa shape index (κ1) is 9.93. The number of hydrogen-bond acceptors (Lipinski definition) is 2. The average molecular weight is 201 g/mol. The van der Waals surface area contributed by atoms with E-state index < -0.39 is 0 Å². The molecule has 1 heterocycles. The normalized spacial score (nSPS) is 10.5. The number of aromatic nitrogens is 2. The van der Waals surface area contributed by atoms with E-state index in [2.05, 4.69) is 40.7 Å². The van der Waals surface area contributed by atoms with E-state index >= 15 is 0 Å². The highest BCUT2D eigenvalue weighted by atomic mass is 15.0. The second kappa shape index (κ2) is 4.28. The summed E-state index contributed by atoms with van der Waals surface area (Å²) in [5, 5.41) is 0. The molecule has 1 aromatic heterocycles. The quantitative estimate of drug-likeness (QED) is 0.821. The molecule has 0 aliphatic rings. The van der Waals surface area contributed by atoms with Gasteiger partial charge in [0.25, 0.3) is 0 Å². The maximum Gasteiger partial charge on any atom is 0.0953 e. The minimum absolute atomic E-state index is 0.501. The largest absolute Gasteiger partial charge is 0.333 e. The zero-order valence-corrected chi connectivity index (χ0v) is 8.85. The van der Waals surface area contributed by atoms with Gasteiger partial charge in [-0.2, -0.15) is 0 Å². The molecule has 0 atom stereocenters. The fourth-order valence-electron chi connectivity index (χ4n) is 1.58. The predicted octanol–water partition coefficient (Wildman–Crippen LogP) is 1.70. The second-order valence-corrected chi connectivity index (χ2v) is 3.67. The molecule has 0 saturated carbocycles. The molecule has 0 aliphatic heterocycles. The average Bonchev–Trinajstić information content (AvgIpc) is 2.69. The highest BCUT2D eigenvalue weighted by molar-refractivity contribution is 5.25. The van der Waals surface area contributed by atoms with E-state index in [1.807, 2.05) is 12.5 Å². The molecular formula is C12H15N3. The Bertz CT molecular complexity index is 446. The van der Waals surface area contributed by atoms with Gasteiger partial charge in [0.2, 0.25) is 0 Å². The molecule has 0 fully saturated rings. The van der Waals surface area contributed by atoms with Crippen molar-refractivity contribution < 1.29 is 0 Å². The fraction of sp³-hybridized carbons (Fsp3) is 0.250. The van der Waals surface area contributed by atoms with Crippen molar-refractivity contribution in [2.75, 3.05) is 0 Å². The van der Waals surface area contributed by atoms with E-state index in [0.717, 1.165) is 12.2 Å². The lowest BCUT2D eigenvalue weighted by Gasteiger charge is -2.05. The lowest BCUT2D eigenvalue weighted by molar-refractivity contribution is 0.791. The third-order valence-corrected chi connectivity index (χ3v) is 2.51. The Morgan fingerprint density at radius 1 is 1.33 bits per heavy atom. The topological polar surface area (TPSA) is 43.8 Å². The molecule has 0 amide bonds. The first-order valence-corrected chi connectivity index (χ1v) is 5.05. The van der Waals surface area contributed by atoms with Gasteiger partial charge in [0.05, 0.1) is 12.0 Å². The standard InChI is InChI=1S/C12H15N3/c1-10-4-2-3-5-11(10)7-15-8-12(6-13)14-9-15/h2-5,8-9H,6-7,13H2,1H3. The summed E-state index contributed by atoms with van der Waals surface area (Å²) >= 11 is 0. The highest BCUT2D eigenvalue weighted by Gasteiger charge is 1.99. The molecule has 2 aromatic rings. The summed E-state index contributed by atoms with van der Waals surface area (Å²) in [5.41, 5.74) is 9.07. The van der Waals surface area contributed by atoms with Crippen molar-refractivity contribution >= 4 is 0 Å². The van der Waals surface area contributed by atoms with Gasteiger partial charge in [-0.1, -0.05) is 24.3 Å². The monoisotopic (exact) mass is 201 g/mol. The number of hydrogen-bond donors (Lipinski definition) is 1. The van der Waals surface area contributed by atoms with Gasteiger partial charge in [-0.05, 0) is 18.1 Å². The van der Waals surface area contributed by atoms with E-state index in [1.165, 1.54) is 11.1 Å². The van der Waals surface area contributed by atoms with Crippen LogP contribution in [-0.2, 0) is 13.1 Å². The number of imidazole rings is 1. The van der Waals surface area contributed by atoms with Crippen LogP contribution in [0.2, 0.25) is 0 Å². The van der Waals surface area contributed by atoms with E-state index in [4.69, 9.17) is 5.73 Å². The summed E-state index contributed by atoms with van der Waals surface area (Å²) in [6, 6.07) is 8.37. The molecule has 0 saturated heterocycles. The Morgan fingerprint density at radius 3 is 2.80 bits per heavy atom. The third kappa shape index (κ3) is 2.25. The van der Waals surface area contributed by atoms with Crippen LogP contribution in [0, 0.1) is 6.92 Å². The van der Waals surface area contributed by atoms with Crippen molar-refractivity contribution in [3.8, 4) is 0 Å². The van der Waals surface area contributed by atoms with Crippen LogP contribution < -0.4 is 5.73 Å². The Hall–Kier alpha value is -1.61. The molecule has 3 nitrogen and oxygen atoms in total. The van der Waals surface area contributed by atoms with Crippen LogP contribution in [0.3, 0.4) is 0 Å². The maximum absolute atomic E-state index is 5.51. The summed E-state index contributed by atoms with van der Waals surface area (Å²) in [4.78, 5) is 4.20. The Labute approximate surface area is 89.6 Å². The van der Waals surface area contributed by atoms with Crippen LogP contribution in [0.15, 0.2) is 36.8 Å². The lowest BCUT2D eigenvalue weighted by Crippen LogP contribution is -1.99. The molecule has 3 heteroatoms. The van der Waals surface area contributed by atoms with Gasteiger partial charge in [-0.15, -0.1) is 0 Å². The maximum atomic E-state index is 5.51. The van der Waals surface area contributed by atoms with E-state index in [-0.39, 0.29) is 0 Å². The minimum Gasteiger partial charge on any atom is -0.333 e. The minimum atomic E-state index is 0.501. The van der Waals surface area contributed by atoms with Gasteiger partial charge in [-0.3, -0.25) is 0 Å². The summed E-state index contributed by atoms with van der Waals surface area (Å²) < 4.78 is 2.06. The molecule has 2 N–H and O–H groups in total. The van der Waals surface area contributed by atoms with Crippen LogP contribution in [0.25, 0.3) is 0 Å².